The Balaban J connectivity index is 1.33. The molecule has 1 saturated carbocycles. The average Bonchev–Trinajstić information content (AvgIpc) is 3.38. The molecule has 2 aliphatic carbocycles. The second-order valence-corrected chi connectivity index (χ2v) is 9.24. The molecule has 0 bridgehead atoms. The Hall–Kier alpha value is -3.91. The molecular weight excluding hydrogens is 428 g/mol. The Kier molecular flexibility index (Phi) is 4.60. The molecule has 1 spiro atoms. The molecule has 8 heteroatoms. The van der Waals surface area contributed by atoms with E-state index in [4.69, 9.17) is 5.10 Å². The van der Waals surface area contributed by atoms with Gasteiger partial charge in [-0.2, -0.15) is 10.2 Å². The van der Waals surface area contributed by atoms with E-state index in [1.54, 1.807) is 15.6 Å². The van der Waals surface area contributed by atoms with E-state index < -0.39 is 12.1 Å². The number of anilines is 1. The van der Waals surface area contributed by atoms with E-state index in [2.05, 4.69) is 21.8 Å². The van der Waals surface area contributed by atoms with Crippen molar-refractivity contribution in [3.8, 4) is 16.9 Å². The number of para-hydroxylation sites is 1. The fourth-order valence-electron chi connectivity index (χ4n) is 5.23. The van der Waals surface area contributed by atoms with Crippen LogP contribution in [0.15, 0.2) is 67.0 Å². The first kappa shape index (κ1) is 20.7. The lowest BCUT2D eigenvalue weighted by Crippen LogP contribution is -2.39. The van der Waals surface area contributed by atoms with Gasteiger partial charge in [0, 0.05) is 29.8 Å². The lowest BCUT2D eigenvalue weighted by molar-refractivity contribution is 0.109. The van der Waals surface area contributed by atoms with Crippen LogP contribution in [0.25, 0.3) is 16.9 Å². The van der Waals surface area contributed by atoms with Crippen LogP contribution in [0.4, 0.5) is 10.6 Å². The van der Waals surface area contributed by atoms with Crippen LogP contribution in [0, 0.1) is 6.92 Å². The Labute approximate surface area is 197 Å². The Bertz CT molecular complexity index is 1390. The number of aliphatic hydroxyl groups excluding tert-OH is 1. The number of urea groups is 1. The van der Waals surface area contributed by atoms with Crippen LogP contribution in [0.5, 0.6) is 0 Å². The van der Waals surface area contributed by atoms with E-state index in [0.29, 0.717) is 5.82 Å². The van der Waals surface area contributed by atoms with Gasteiger partial charge in [0.25, 0.3) is 0 Å². The molecule has 3 N–H and O–H groups in total. The summed E-state index contributed by atoms with van der Waals surface area (Å²) < 4.78 is 3.46. The number of carbonyl (C=O) groups is 1. The highest BCUT2D eigenvalue weighted by Gasteiger charge is 2.59. The molecule has 2 atom stereocenters. The van der Waals surface area contributed by atoms with Gasteiger partial charge in [-0.25, -0.2) is 9.48 Å². The number of hydrogen-bond acceptors (Lipinski definition) is 4. The van der Waals surface area contributed by atoms with E-state index >= 15 is 0 Å². The van der Waals surface area contributed by atoms with Gasteiger partial charge in [-0.05, 0) is 43.0 Å². The lowest BCUT2D eigenvalue weighted by atomic mass is 9.97. The summed E-state index contributed by atoms with van der Waals surface area (Å²) in [5, 5.41) is 26.2. The molecule has 8 nitrogen and oxygen atoms in total. The number of benzene rings is 2. The van der Waals surface area contributed by atoms with Crippen molar-refractivity contribution < 1.29 is 9.90 Å². The van der Waals surface area contributed by atoms with Gasteiger partial charge in [-0.1, -0.05) is 42.5 Å². The molecule has 1 unspecified atom stereocenters. The van der Waals surface area contributed by atoms with Gasteiger partial charge in [0.2, 0.25) is 0 Å². The molecule has 1 fully saturated rings. The van der Waals surface area contributed by atoms with Crippen molar-refractivity contribution in [3.05, 3.63) is 83.7 Å². The number of fused-ring (bicyclic) bond motifs is 2. The van der Waals surface area contributed by atoms with Crippen molar-refractivity contribution in [2.24, 2.45) is 7.05 Å². The predicted molar refractivity (Wildman–Crippen MR) is 129 cm³/mol. The van der Waals surface area contributed by atoms with Crippen LogP contribution in [-0.2, 0) is 12.5 Å². The molecule has 2 aliphatic rings. The van der Waals surface area contributed by atoms with Crippen LogP contribution >= 0.6 is 0 Å². The largest absolute Gasteiger partial charge is 0.390 e. The van der Waals surface area contributed by atoms with Crippen LogP contribution in [0.3, 0.4) is 0 Å². The summed E-state index contributed by atoms with van der Waals surface area (Å²) >= 11 is 0. The van der Waals surface area contributed by atoms with Crippen LogP contribution in [0.1, 0.15) is 35.6 Å². The predicted octanol–water partition coefficient (Wildman–Crippen LogP) is 3.85. The summed E-state index contributed by atoms with van der Waals surface area (Å²) in [7, 11) is 1.86. The zero-order chi connectivity index (χ0) is 23.4. The number of hydrogen-bond donors (Lipinski definition) is 3. The Morgan fingerprint density at radius 3 is 2.56 bits per heavy atom. The van der Waals surface area contributed by atoms with Crippen LogP contribution in [-0.4, -0.2) is 36.8 Å². The molecule has 34 heavy (non-hydrogen) atoms. The fourth-order valence-corrected chi connectivity index (χ4v) is 5.23. The summed E-state index contributed by atoms with van der Waals surface area (Å²) in [6, 6.07) is 16.9. The molecule has 172 valence electrons. The maximum atomic E-state index is 13.2. The molecule has 2 aromatic carbocycles. The third kappa shape index (κ3) is 3.13. The van der Waals surface area contributed by atoms with Gasteiger partial charge in [0.1, 0.15) is 11.5 Å². The summed E-state index contributed by atoms with van der Waals surface area (Å²) in [6.07, 6.45) is 4.91. The van der Waals surface area contributed by atoms with Crippen LogP contribution < -0.4 is 10.6 Å². The molecule has 2 amide bonds. The Morgan fingerprint density at radius 2 is 1.85 bits per heavy atom. The highest BCUT2D eigenvalue weighted by atomic mass is 16.3. The average molecular weight is 455 g/mol. The molecule has 6 rings (SSSR count). The van der Waals surface area contributed by atoms with Gasteiger partial charge in [0.15, 0.2) is 0 Å². The third-order valence-electron chi connectivity index (χ3n) is 7.12. The number of aliphatic hydroxyl groups is 1. The number of nitrogens with one attached hydrogen (secondary N) is 2. The maximum absolute atomic E-state index is 13.2. The highest BCUT2D eigenvalue weighted by molar-refractivity contribution is 5.91. The first-order valence-electron chi connectivity index (χ1n) is 11.5. The number of nitrogens with zero attached hydrogens (tertiary/aromatic N) is 4. The number of amides is 2. The number of aromatic nitrogens is 4. The first-order valence-corrected chi connectivity index (χ1v) is 11.5. The minimum absolute atomic E-state index is 0.219. The summed E-state index contributed by atoms with van der Waals surface area (Å²) in [6.45, 7) is 1.93. The van der Waals surface area contributed by atoms with Crippen molar-refractivity contribution in [2.75, 3.05) is 5.32 Å². The van der Waals surface area contributed by atoms with E-state index in [9.17, 15) is 9.90 Å². The quantitative estimate of drug-likeness (QED) is 0.436. The SMILES string of the molecule is Cc1c(-c2cnn(C)c2)nn(-c2ccccc2)c1NC(=O)NC1c2ccccc2C2(CC2)[C@H]1O. The van der Waals surface area contributed by atoms with E-state index in [-0.39, 0.29) is 11.4 Å². The van der Waals surface area contributed by atoms with Gasteiger partial charge in [-0.15, -0.1) is 0 Å². The van der Waals surface area contributed by atoms with Crippen molar-refractivity contribution in [1.29, 1.82) is 0 Å². The molecule has 0 saturated heterocycles. The van der Waals surface area contributed by atoms with E-state index in [0.717, 1.165) is 46.5 Å². The van der Waals surface area contributed by atoms with Crippen LogP contribution in [0.2, 0.25) is 0 Å². The minimum atomic E-state index is -0.637. The second-order valence-electron chi connectivity index (χ2n) is 9.24. The van der Waals surface area contributed by atoms with Gasteiger partial charge >= 0.3 is 6.03 Å². The van der Waals surface area contributed by atoms with Crippen molar-refractivity contribution in [3.63, 3.8) is 0 Å². The molecule has 2 aromatic heterocycles. The maximum Gasteiger partial charge on any atom is 0.320 e. The van der Waals surface area contributed by atoms with Gasteiger partial charge in [-0.3, -0.25) is 10.00 Å². The minimum Gasteiger partial charge on any atom is -0.390 e. The number of carbonyl (C=O) groups excluding carboxylic acids is 1. The van der Waals surface area contributed by atoms with E-state index in [1.165, 1.54) is 0 Å². The van der Waals surface area contributed by atoms with Crippen molar-refractivity contribution >= 4 is 11.8 Å². The lowest BCUT2D eigenvalue weighted by Gasteiger charge is -2.21. The molecule has 0 aliphatic heterocycles. The first-order chi connectivity index (χ1) is 16.5. The molecular formula is C26H26N6O2. The smallest absolute Gasteiger partial charge is 0.320 e. The normalized spacial score (nSPS) is 19.7. The molecule has 4 aromatic rings. The number of aryl methyl sites for hydroxylation is 1. The topological polar surface area (TPSA) is 97.0 Å². The molecule has 2 heterocycles. The van der Waals surface area contributed by atoms with E-state index in [1.807, 2.05) is 68.7 Å². The Morgan fingerprint density at radius 1 is 1.12 bits per heavy atom. The highest BCUT2D eigenvalue weighted by Crippen LogP contribution is 2.59. The fraction of sp³-hybridized carbons (Fsp3) is 0.269. The van der Waals surface area contributed by atoms with Crippen molar-refractivity contribution in [1.82, 2.24) is 24.9 Å². The monoisotopic (exact) mass is 454 g/mol. The zero-order valence-electron chi connectivity index (χ0n) is 19.1. The van der Waals surface area contributed by atoms with Gasteiger partial charge in [0.05, 0.1) is 24.0 Å². The summed E-state index contributed by atoms with van der Waals surface area (Å²) in [5.74, 6) is 0.574. The van der Waals surface area contributed by atoms with Gasteiger partial charge < -0.3 is 10.4 Å². The summed E-state index contributed by atoms with van der Waals surface area (Å²) in [5.41, 5.74) is 5.20. The van der Waals surface area contributed by atoms with Crippen molar-refractivity contribution in [2.45, 2.75) is 37.3 Å². The zero-order valence-corrected chi connectivity index (χ0v) is 19.1. The standard InChI is InChI=1S/C26H26N6O2/c1-16-21(17-14-27-31(2)15-17)30-32(18-8-4-3-5-9-18)24(16)29-25(34)28-22-19-10-6-7-11-20(19)26(12-13-26)23(22)33/h3-11,14-15,22-23,33H,12-13H2,1-2H3,(H2,28,29,34)/t22?,23-/m0/s1. The number of rotatable bonds is 4. The third-order valence-corrected chi connectivity index (χ3v) is 7.12. The summed E-state index contributed by atoms with van der Waals surface area (Å²) in [4.78, 5) is 13.2. The molecule has 0 radical (unpaired) electrons. The second kappa shape index (κ2) is 7.56.